The molecule has 0 radical (unpaired) electrons. The van der Waals surface area contributed by atoms with Crippen LogP contribution in [0.5, 0.6) is 0 Å². The SMILES string of the molecule is c1ccc(N(c2ccc3c(c2)c2ccccc2c2cc4c5ccc(N(c6ccccc6)c6c7ccccc7cc7ccccc67)cc5c5ccccc5c4cc32)c2c3ccccc3cc3ccccc23)cc1. The fraction of sp³-hybridized carbons (Fsp3) is 0. The first-order chi connectivity index (χ1) is 35.7. The summed E-state index contributed by atoms with van der Waals surface area (Å²) in [5, 5.41) is 24.7. The van der Waals surface area contributed by atoms with Gasteiger partial charge in [-0.25, -0.2) is 0 Å². The van der Waals surface area contributed by atoms with Crippen LogP contribution in [0.4, 0.5) is 34.1 Å². The molecule has 0 atom stereocenters. The smallest absolute Gasteiger partial charge is 0.0618 e. The van der Waals surface area contributed by atoms with Gasteiger partial charge >= 0.3 is 0 Å². The van der Waals surface area contributed by atoms with Crippen LogP contribution in [0.15, 0.2) is 267 Å². The Kier molecular flexibility index (Phi) is 8.99. The highest BCUT2D eigenvalue weighted by Gasteiger charge is 2.23. The fourth-order valence-electron chi connectivity index (χ4n) is 12.1. The van der Waals surface area contributed by atoms with Crippen LogP contribution in [0.2, 0.25) is 0 Å². The summed E-state index contributed by atoms with van der Waals surface area (Å²) in [6.45, 7) is 0. The number of anilines is 6. The van der Waals surface area contributed by atoms with Crippen molar-refractivity contribution < 1.29 is 0 Å². The molecule has 0 saturated heterocycles. The van der Waals surface area contributed by atoms with E-state index >= 15 is 0 Å². The molecule has 0 heterocycles. The van der Waals surface area contributed by atoms with E-state index in [4.69, 9.17) is 0 Å². The van der Waals surface area contributed by atoms with Gasteiger partial charge < -0.3 is 9.80 Å². The normalized spacial score (nSPS) is 11.9. The first-order valence-electron chi connectivity index (χ1n) is 24.9. The van der Waals surface area contributed by atoms with Crippen molar-refractivity contribution in [3.63, 3.8) is 0 Å². The summed E-state index contributed by atoms with van der Waals surface area (Å²) in [5.74, 6) is 0. The number of hydrogen-bond donors (Lipinski definition) is 0. The highest BCUT2D eigenvalue weighted by atomic mass is 15.2. The predicted molar refractivity (Wildman–Crippen MR) is 311 cm³/mol. The Hall–Kier alpha value is -9.50. The van der Waals surface area contributed by atoms with Gasteiger partial charge in [-0.15, -0.1) is 0 Å². The number of benzene rings is 15. The van der Waals surface area contributed by atoms with E-state index in [1.165, 1.54) is 119 Å². The van der Waals surface area contributed by atoms with Crippen molar-refractivity contribution in [3.8, 4) is 0 Å². The Labute approximate surface area is 416 Å². The van der Waals surface area contributed by atoms with Crippen molar-refractivity contribution in [2.75, 3.05) is 9.80 Å². The molecule has 0 amide bonds. The molecule has 0 N–H and O–H groups in total. The summed E-state index contributed by atoms with van der Waals surface area (Å²) in [5.41, 5.74) is 6.85. The van der Waals surface area contributed by atoms with Crippen molar-refractivity contribution in [2.45, 2.75) is 0 Å². The first-order valence-corrected chi connectivity index (χ1v) is 24.9. The second-order valence-electron chi connectivity index (χ2n) is 19.2. The maximum Gasteiger partial charge on any atom is 0.0618 e. The molecule has 334 valence electrons. The Bertz CT molecular complexity index is 4280. The largest absolute Gasteiger partial charge is 0.309 e. The summed E-state index contributed by atoms with van der Waals surface area (Å²) >= 11 is 0. The minimum atomic E-state index is 1.12. The van der Waals surface area contributed by atoms with Crippen LogP contribution < -0.4 is 9.80 Å². The molecule has 2 heteroatoms. The van der Waals surface area contributed by atoms with Crippen LogP contribution in [0, 0.1) is 0 Å². The van der Waals surface area contributed by atoms with Crippen molar-refractivity contribution in [3.05, 3.63) is 267 Å². The molecule has 0 aliphatic carbocycles. The standard InChI is InChI=1S/C70H44N2/c1-3-23-49(24-4-1)71(69-53-27-11-7-19-45(53)39-46-20-8-12-28-54(46)69)51-35-37-61-63(41-51)57-31-15-17-33-59(57)65-44-68-62-38-36-52(42-64(62)58-32-16-18-34-60(58)66(68)43-67(61)65)72(50-25-5-2-6-26-50)70-55-29-13-9-21-47(55)40-48-22-10-14-30-56(48)70/h1-44H. The fourth-order valence-corrected chi connectivity index (χ4v) is 12.1. The van der Waals surface area contributed by atoms with Crippen LogP contribution in [0.25, 0.3) is 108 Å². The third-order valence-electron chi connectivity index (χ3n) is 15.2. The molecule has 0 saturated carbocycles. The number of hydrogen-bond acceptors (Lipinski definition) is 2. The van der Waals surface area contributed by atoms with E-state index in [0.717, 1.165) is 22.7 Å². The van der Waals surface area contributed by atoms with Crippen molar-refractivity contribution >= 4 is 142 Å². The van der Waals surface area contributed by atoms with Crippen LogP contribution in [-0.4, -0.2) is 0 Å². The summed E-state index contributed by atoms with van der Waals surface area (Å²) < 4.78 is 0. The lowest BCUT2D eigenvalue weighted by Gasteiger charge is -2.29. The van der Waals surface area contributed by atoms with E-state index in [-0.39, 0.29) is 0 Å². The molecule has 2 nitrogen and oxygen atoms in total. The number of nitrogens with zero attached hydrogens (tertiary/aromatic N) is 2. The van der Waals surface area contributed by atoms with Gasteiger partial charge in [-0.2, -0.15) is 0 Å². The maximum absolute atomic E-state index is 2.49. The Balaban J connectivity index is 0.984. The summed E-state index contributed by atoms with van der Waals surface area (Å²) in [6.07, 6.45) is 0. The van der Waals surface area contributed by atoms with Gasteiger partial charge in [0.2, 0.25) is 0 Å². The van der Waals surface area contributed by atoms with Gasteiger partial charge in [-0.3, -0.25) is 0 Å². The van der Waals surface area contributed by atoms with Crippen LogP contribution in [-0.2, 0) is 0 Å². The number of rotatable bonds is 6. The molecule has 15 rings (SSSR count). The zero-order valence-electron chi connectivity index (χ0n) is 39.3. The quantitative estimate of drug-likeness (QED) is 0.121. The van der Waals surface area contributed by atoms with E-state index in [2.05, 4.69) is 277 Å². The molecular formula is C70H44N2. The molecule has 72 heavy (non-hydrogen) atoms. The van der Waals surface area contributed by atoms with Gasteiger partial charge in [-0.05, 0) is 159 Å². The van der Waals surface area contributed by atoms with E-state index in [1.807, 2.05) is 0 Å². The average molecular weight is 913 g/mol. The third kappa shape index (κ3) is 6.16. The average Bonchev–Trinajstić information content (AvgIpc) is 3.45. The molecule has 0 fully saturated rings. The number of para-hydroxylation sites is 2. The maximum atomic E-state index is 2.49. The molecule has 0 bridgehead atoms. The highest BCUT2D eigenvalue weighted by Crippen LogP contribution is 2.49. The van der Waals surface area contributed by atoms with E-state index < -0.39 is 0 Å². The molecule has 0 aliphatic heterocycles. The molecule has 15 aromatic rings. The Morgan fingerprint density at radius 3 is 0.722 bits per heavy atom. The molecular weight excluding hydrogens is 869 g/mol. The topological polar surface area (TPSA) is 6.48 Å². The lowest BCUT2D eigenvalue weighted by atomic mass is 9.88. The van der Waals surface area contributed by atoms with Gasteiger partial charge in [0.25, 0.3) is 0 Å². The summed E-state index contributed by atoms with van der Waals surface area (Å²) in [7, 11) is 0. The van der Waals surface area contributed by atoms with Crippen molar-refractivity contribution in [1.82, 2.24) is 0 Å². The molecule has 0 aromatic heterocycles. The highest BCUT2D eigenvalue weighted by molar-refractivity contribution is 6.33. The van der Waals surface area contributed by atoms with Gasteiger partial charge in [-0.1, -0.05) is 194 Å². The lowest BCUT2D eigenvalue weighted by molar-refractivity contribution is 1.32. The van der Waals surface area contributed by atoms with Gasteiger partial charge in [0, 0.05) is 44.3 Å². The first kappa shape index (κ1) is 40.4. The van der Waals surface area contributed by atoms with Crippen LogP contribution in [0.1, 0.15) is 0 Å². The van der Waals surface area contributed by atoms with E-state index in [9.17, 15) is 0 Å². The monoisotopic (exact) mass is 912 g/mol. The molecule has 15 aromatic carbocycles. The van der Waals surface area contributed by atoms with E-state index in [1.54, 1.807) is 0 Å². The minimum Gasteiger partial charge on any atom is -0.309 e. The Morgan fingerprint density at radius 1 is 0.153 bits per heavy atom. The summed E-state index contributed by atoms with van der Waals surface area (Å²) in [4.78, 5) is 4.94. The zero-order chi connectivity index (χ0) is 47.3. The van der Waals surface area contributed by atoms with Gasteiger partial charge in [0.05, 0.1) is 11.4 Å². The minimum absolute atomic E-state index is 1.12. The van der Waals surface area contributed by atoms with Crippen LogP contribution >= 0.6 is 0 Å². The van der Waals surface area contributed by atoms with Gasteiger partial charge in [0.15, 0.2) is 0 Å². The number of fused-ring (bicyclic) bond motifs is 16. The summed E-state index contributed by atoms with van der Waals surface area (Å²) in [6, 6.07) is 98.8. The second-order valence-corrected chi connectivity index (χ2v) is 19.2. The Morgan fingerprint density at radius 2 is 0.403 bits per heavy atom. The van der Waals surface area contributed by atoms with Crippen LogP contribution in [0.3, 0.4) is 0 Å². The predicted octanol–water partition coefficient (Wildman–Crippen LogP) is 20.2. The molecule has 0 aliphatic rings. The van der Waals surface area contributed by atoms with Crippen molar-refractivity contribution in [2.24, 2.45) is 0 Å². The molecule has 0 spiro atoms. The second kappa shape index (κ2) is 16.0. The van der Waals surface area contributed by atoms with Gasteiger partial charge in [0.1, 0.15) is 0 Å². The lowest BCUT2D eigenvalue weighted by Crippen LogP contribution is -2.11. The molecule has 0 unspecified atom stereocenters. The third-order valence-corrected chi connectivity index (χ3v) is 15.2. The van der Waals surface area contributed by atoms with E-state index in [0.29, 0.717) is 0 Å². The zero-order valence-corrected chi connectivity index (χ0v) is 39.3. The van der Waals surface area contributed by atoms with Crippen molar-refractivity contribution in [1.29, 1.82) is 0 Å².